The van der Waals surface area contributed by atoms with Gasteiger partial charge in [0, 0.05) is 27.5 Å². The molecule has 6 nitrogen and oxygen atoms in total. The molecule has 0 spiro atoms. The molecule has 2 heterocycles. The van der Waals surface area contributed by atoms with E-state index in [0.29, 0.717) is 39.9 Å². The summed E-state index contributed by atoms with van der Waals surface area (Å²) in [5.41, 5.74) is 8.01. The van der Waals surface area contributed by atoms with Gasteiger partial charge in [0.2, 0.25) is 0 Å². The highest BCUT2D eigenvalue weighted by atomic mass is 16.3. The van der Waals surface area contributed by atoms with Crippen molar-refractivity contribution in [2.24, 2.45) is 0 Å². The topological polar surface area (TPSA) is 80.0 Å². The molecule has 8 rings (SSSR count). The summed E-state index contributed by atoms with van der Waals surface area (Å²) >= 11 is 0. The number of aromatic nitrogens is 3. The van der Waals surface area contributed by atoms with Gasteiger partial charge < -0.3 is 4.42 Å². The molecule has 0 unspecified atom stereocenters. The van der Waals surface area contributed by atoms with Gasteiger partial charge in [0.25, 0.3) is 0 Å². The van der Waals surface area contributed by atoms with E-state index in [0.717, 1.165) is 49.7 Å². The summed E-state index contributed by atoms with van der Waals surface area (Å²) in [5.74, 6) is 1.61. The molecular formula is C41H23N5O. The van der Waals surface area contributed by atoms with E-state index in [1.807, 2.05) is 127 Å². The molecular weight excluding hydrogens is 578 g/mol. The molecule has 0 N–H and O–H groups in total. The van der Waals surface area contributed by atoms with Gasteiger partial charge in [-0.2, -0.15) is 5.26 Å². The first-order valence-corrected chi connectivity index (χ1v) is 15.0. The predicted molar refractivity (Wildman–Crippen MR) is 185 cm³/mol. The maximum Gasteiger partial charge on any atom is 0.195 e. The summed E-state index contributed by atoms with van der Waals surface area (Å²) in [5, 5.41) is 11.7. The number of rotatable bonds is 5. The molecule has 0 bridgehead atoms. The van der Waals surface area contributed by atoms with Gasteiger partial charge in [-0.1, -0.05) is 115 Å². The largest absolute Gasteiger partial charge is 0.455 e. The van der Waals surface area contributed by atoms with E-state index in [2.05, 4.69) is 17.0 Å². The van der Waals surface area contributed by atoms with Crippen LogP contribution in [-0.4, -0.2) is 15.0 Å². The van der Waals surface area contributed by atoms with Crippen LogP contribution in [0.15, 0.2) is 144 Å². The molecule has 0 amide bonds. The molecule has 8 aromatic rings. The predicted octanol–water partition coefficient (Wildman–Crippen LogP) is 10.5. The van der Waals surface area contributed by atoms with Crippen molar-refractivity contribution in [1.29, 1.82) is 5.26 Å². The first kappa shape index (κ1) is 27.6. The van der Waals surface area contributed by atoms with Crippen molar-refractivity contribution in [2.45, 2.75) is 0 Å². The Labute approximate surface area is 270 Å². The molecule has 6 heteroatoms. The summed E-state index contributed by atoms with van der Waals surface area (Å²) in [6, 6.07) is 47.1. The zero-order chi connectivity index (χ0) is 31.7. The van der Waals surface area contributed by atoms with E-state index in [-0.39, 0.29) is 0 Å². The van der Waals surface area contributed by atoms with Gasteiger partial charge in [-0.15, -0.1) is 0 Å². The van der Waals surface area contributed by atoms with Crippen LogP contribution in [0.25, 0.3) is 83.2 Å². The summed E-state index contributed by atoms with van der Waals surface area (Å²) in [6.45, 7) is 7.89. The Morgan fingerprint density at radius 1 is 0.511 bits per heavy atom. The number of para-hydroxylation sites is 2. The molecule has 0 radical (unpaired) electrons. The Morgan fingerprint density at radius 3 is 1.77 bits per heavy atom. The van der Waals surface area contributed by atoms with Crippen LogP contribution in [0.5, 0.6) is 0 Å². The molecule has 0 aliphatic carbocycles. The van der Waals surface area contributed by atoms with Crippen molar-refractivity contribution < 1.29 is 4.42 Å². The highest BCUT2D eigenvalue weighted by Gasteiger charge is 2.21. The minimum absolute atomic E-state index is 0.487. The number of nitriles is 1. The smallest absolute Gasteiger partial charge is 0.195 e. The van der Waals surface area contributed by atoms with Crippen molar-refractivity contribution in [3.05, 3.63) is 157 Å². The third kappa shape index (κ3) is 4.88. The van der Waals surface area contributed by atoms with Crippen LogP contribution in [-0.2, 0) is 0 Å². The minimum atomic E-state index is 0.487. The lowest BCUT2D eigenvalue weighted by molar-refractivity contribution is 0.670. The molecule has 0 aliphatic rings. The minimum Gasteiger partial charge on any atom is -0.455 e. The van der Waals surface area contributed by atoms with Gasteiger partial charge in [-0.25, -0.2) is 19.8 Å². The number of fused-ring (bicyclic) bond motifs is 3. The third-order valence-electron chi connectivity index (χ3n) is 8.21. The third-order valence-corrected chi connectivity index (χ3v) is 8.21. The second-order valence-electron chi connectivity index (χ2n) is 11.0. The van der Waals surface area contributed by atoms with Gasteiger partial charge in [-0.3, -0.25) is 0 Å². The normalized spacial score (nSPS) is 10.9. The average molecular weight is 602 g/mol. The monoisotopic (exact) mass is 601 g/mol. The molecule has 218 valence electrons. The van der Waals surface area contributed by atoms with E-state index >= 15 is 0 Å². The average Bonchev–Trinajstić information content (AvgIpc) is 3.54. The Morgan fingerprint density at radius 2 is 1.09 bits per heavy atom. The molecule has 0 atom stereocenters. The Kier molecular flexibility index (Phi) is 6.80. The zero-order valence-electron chi connectivity index (χ0n) is 24.9. The number of hydrogen-bond donors (Lipinski definition) is 0. The fourth-order valence-corrected chi connectivity index (χ4v) is 5.99. The molecule has 0 saturated carbocycles. The Balaban J connectivity index is 1.43. The van der Waals surface area contributed by atoms with Crippen LogP contribution >= 0.6 is 0 Å². The van der Waals surface area contributed by atoms with Crippen LogP contribution in [0, 0.1) is 17.9 Å². The van der Waals surface area contributed by atoms with Crippen LogP contribution in [0.2, 0.25) is 0 Å². The van der Waals surface area contributed by atoms with Crippen LogP contribution in [0.4, 0.5) is 5.69 Å². The number of nitrogens with zero attached hydrogens (tertiary/aromatic N) is 5. The van der Waals surface area contributed by atoms with E-state index in [1.165, 1.54) is 0 Å². The summed E-state index contributed by atoms with van der Waals surface area (Å²) in [7, 11) is 0. The molecule has 0 fully saturated rings. The van der Waals surface area contributed by atoms with Crippen molar-refractivity contribution >= 4 is 27.6 Å². The van der Waals surface area contributed by atoms with Gasteiger partial charge in [0.15, 0.2) is 23.2 Å². The van der Waals surface area contributed by atoms with Crippen LogP contribution in [0.3, 0.4) is 0 Å². The lowest BCUT2D eigenvalue weighted by Crippen LogP contribution is -2.00. The quantitative estimate of drug-likeness (QED) is 0.183. The van der Waals surface area contributed by atoms with Crippen LogP contribution < -0.4 is 0 Å². The standard InChI is InChI=1S/C41H23N5O/c1-43-36-22-11-10-19-31(36)34-23-29(30-18-9-8-17-28(30)25-42)24-35-32-20-12-21-33(37(32)47-38(34)35)41-45-39(26-13-4-2-5-14-26)44-40(46-41)27-15-6-3-7-16-27/h2-24H. The number of hydrogen-bond acceptors (Lipinski definition) is 5. The highest BCUT2D eigenvalue weighted by molar-refractivity contribution is 6.15. The van der Waals surface area contributed by atoms with Gasteiger partial charge in [0.1, 0.15) is 11.2 Å². The molecule has 6 aromatic carbocycles. The second-order valence-corrected chi connectivity index (χ2v) is 11.0. The summed E-state index contributed by atoms with van der Waals surface area (Å²) in [6.07, 6.45) is 0. The molecule has 2 aromatic heterocycles. The van der Waals surface area contributed by atoms with Crippen molar-refractivity contribution in [1.82, 2.24) is 15.0 Å². The molecule has 0 aliphatic heterocycles. The van der Waals surface area contributed by atoms with Crippen molar-refractivity contribution in [2.75, 3.05) is 0 Å². The molecule has 0 saturated heterocycles. The van der Waals surface area contributed by atoms with E-state index in [1.54, 1.807) is 6.07 Å². The molecule has 47 heavy (non-hydrogen) atoms. The van der Waals surface area contributed by atoms with Gasteiger partial charge in [0.05, 0.1) is 23.8 Å². The lowest BCUT2D eigenvalue weighted by Gasteiger charge is -2.10. The van der Waals surface area contributed by atoms with Gasteiger partial charge in [-0.05, 0) is 41.0 Å². The highest BCUT2D eigenvalue weighted by Crippen LogP contribution is 2.44. The number of benzene rings is 6. The first-order chi connectivity index (χ1) is 23.2. The van der Waals surface area contributed by atoms with Crippen LogP contribution in [0.1, 0.15) is 5.56 Å². The fraction of sp³-hybridized carbons (Fsp3) is 0. The zero-order valence-corrected chi connectivity index (χ0v) is 24.9. The Bertz CT molecular complexity index is 2480. The maximum absolute atomic E-state index is 9.94. The van der Waals surface area contributed by atoms with E-state index in [4.69, 9.17) is 25.9 Å². The second kappa shape index (κ2) is 11.6. The van der Waals surface area contributed by atoms with Crippen molar-refractivity contribution in [3.63, 3.8) is 0 Å². The number of furan rings is 1. The fourth-order valence-electron chi connectivity index (χ4n) is 5.99. The SMILES string of the molecule is [C-]#[N+]c1ccccc1-c1cc(-c2ccccc2C#N)cc2c1oc1c(-c3nc(-c4ccccc4)nc(-c4ccccc4)n3)cccc12. The lowest BCUT2D eigenvalue weighted by atomic mass is 9.93. The van der Waals surface area contributed by atoms with E-state index in [9.17, 15) is 5.26 Å². The summed E-state index contributed by atoms with van der Waals surface area (Å²) < 4.78 is 6.79. The van der Waals surface area contributed by atoms with Crippen molar-refractivity contribution in [3.8, 4) is 62.5 Å². The summed E-state index contributed by atoms with van der Waals surface area (Å²) in [4.78, 5) is 18.6. The Hall–Kier alpha value is -6.89. The van der Waals surface area contributed by atoms with E-state index < -0.39 is 0 Å². The van der Waals surface area contributed by atoms with Gasteiger partial charge >= 0.3 is 0 Å². The first-order valence-electron chi connectivity index (χ1n) is 15.0. The maximum atomic E-state index is 9.94.